The maximum Gasteiger partial charge on any atom is 0.204 e. The lowest BCUT2D eigenvalue weighted by atomic mass is 10.1. The molecule has 0 aliphatic heterocycles. The first-order valence-corrected chi connectivity index (χ1v) is 6.92. The molecule has 0 unspecified atom stereocenters. The van der Waals surface area contributed by atoms with Crippen LogP contribution in [0.2, 0.25) is 0 Å². The molecule has 0 amide bonds. The van der Waals surface area contributed by atoms with Crippen molar-refractivity contribution in [3.05, 3.63) is 47.8 Å². The monoisotopic (exact) mass is 244 g/mol. The van der Waals surface area contributed by atoms with Crippen LogP contribution in [0, 0.1) is 5.92 Å². The highest BCUT2D eigenvalue weighted by molar-refractivity contribution is 5.41. The van der Waals surface area contributed by atoms with E-state index in [0.717, 1.165) is 6.54 Å². The summed E-state index contributed by atoms with van der Waals surface area (Å²) in [6, 6.07) is 6.39. The second kappa shape index (κ2) is 7.86. The van der Waals surface area contributed by atoms with Gasteiger partial charge in [-0.1, -0.05) is 31.6 Å². The zero-order valence-corrected chi connectivity index (χ0v) is 12.2. The average Bonchev–Trinajstić information content (AvgIpc) is 2.37. The van der Waals surface area contributed by atoms with Gasteiger partial charge in [-0.25, -0.2) is 0 Å². The molecule has 0 aromatic carbocycles. The van der Waals surface area contributed by atoms with Crippen LogP contribution < -0.4 is 4.57 Å². The Kier molecular flexibility index (Phi) is 6.42. The summed E-state index contributed by atoms with van der Waals surface area (Å²) in [7, 11) is 0. The van der Waals surface area contributed by atoms with Crippen molar-refractivity contribution in [2.75, 3.05) is 0 Å². The third kappa shape index (κ3) is 5.31. The van der Waals surface area contributed by atoms with Crippen molar-refractivity contribution >= 4 is 6.08 Å². The maximum atomic E-state index is 2.34. The van der Waals surface area contributed by atoms with E-state index in [0.29, 0.717) is 5.92 Å². The Labute approximate surface area is 112 Å². The predicted octanol–water partition coefficient (Wildman–Crippen LogP) is 4.39. The number of rotatable bonds is 6. The largest absolute Gasteiger partial charge is 0.204 e. The Morgan fingerprint density at radius 3 is 2.78 bits per heavy atom. The summed E-state index contributed by atoms with van der Waals surface area (Å²) >= 11 is 0. The van der Waals surface area contributed by atoms with E-state index >= 15 is 0 Å². The van der Waals surface area contributed by atoms with Crippen LogP contribution in [0.15, 0.2) is 42.1 Å². The lowest BCUT2D eigenvalue weighted by molar-refractivity contribution is -0.699. The van der Waals surface area contributed by atoms with Crippen molar-refractivity contribution in [1.29, 1.82) is 0 Å². The SMILES string of the molecule is CC=C(C)CCC[n+]1ccccc1C=CC(C)C. The Hall–Kier alpha value is -1.37. The van der Waals surface area contributed by atoms with E-state index in [2.05, 4.69) is 74.9 Å². The summed E-state index contributed by atoms with van der Waals surface area (Å²) in [6.45, 7) is 9.82. The van der Waals surface area contributed by atoms with Crippen LogP contribution in [0.25, 0.3) is 6.08 Å². The van der Waals surface area contributed by atoms with Gasteiger partial charge in [0.15, 0.2) is 6.20 Å². The van der Waals surface area contributed by atoms with Crippen molar-refractivity contribution < 1.29 is 4.57 Å². The lowest BCUT2D eigenvalue weighted by Crippen LogP contribution is -2.36. The third-order valence-corrected chi connectivity index (χ3v) is 3.09. The first kappa shape index (κ1) is 14.7. The predicted molar refractivity (Wildman–Crippen MR) is 79.2 cm³/mol. The zero-order valence-electron chi connectivity index (χ0n) is 12.2. The van der Waals surface area contributed by atoms with Gasteiger partial charge in [-0.2, -0.15) is 4.57 Å². The Balaban J connectivity index is 2.65. The molecule has 0 aliphatic rings. The molecule has 0 aliphatic carbocycles. The first-order valence-electron chi connectivity index (χ1n) is 6.92. The molecule has 1 rings (SSSR count). The zero-order chi connectivity index (χ0) is 13.4. The van der Waals surface area contributed by atoms with E-state index < -0.39 is 0 Å². The molecule has 98 valence electrons. The molecule has 0 saturated heterocycles. The van der Waals surface area contributed by atoms with Gasteiger partial charge in [0, 0.05) is 24.6 Å². The first-order chi connectivity index (χ1) is 8.63. The molecular formula is C17H26N+. The van der Waals surface area contributed by atoms with Gasteiger partial charge in [0.1, 0.15) is 6.54 Å². The maximum absolute atomic E-state index is 2.34. The fraction of sp³-hybridized carbons (Fsp3) is 0.471. The Morgan fingerprint density at radius 2 is 2.11 bits per heavy atom. The number of allylic oxidation sites excluding steroid dienone is 3. The summed E-state index contributed by atoms with van der Waals surface area (Å²) in [5.41, 5.74) is 2.77. The molecule has 1 aromatic rings. The van der Waals surface area contributed by atoms with E-state index in [1.54, 1.807) is 0 Å². The van der Waals surface area contributed by atoms with Gasteiger partial charge in [0.2, 0.25) is 5.69 Å². The quantitative estimate of drug-likeness (QED) is 0.516. The summed E-state index contributed by atoms with van der Waals surface area (Å²) < 4.78 is 2.34. The van der Waals surface area contributed by atoms with Crippen LogP contribution in [0.5, 0.6) is 0 Å². The van der Waals surface area contributed by atoms with Gasteiger partial charge >= 0.3 is 0 Å². The standard InChI is InChI=1S/C17H26N/c1-5-16(4)9-8-14-18-13-7-6-10-17(18)12-11-15(2)3/h5-7,10-13,15H,8-9,14H2,1-4H3/q+1. The smallest absolute Gasteiger partial charge is 0.199 e. The summed E-state index contributed by atoms with van der Waals surface area (Å²) in [4.78, 5) is 0. The van der Waals surface area contributed by atoms with E-state index in [-0.39, 0.29) is 0 Å². The molecule has 18 heavy (non-hydrogen) atoms. The van der Waals surface area contributed by atoms with Gasteiger partial charge in [-0.05, 0) is 32.3 Å². The second-order valence-corrected chi connectivity index (χ2v) is 5.16. The van der Waals surface area contributed by atoms with Crippen LogP contribution in [-0.4, -0.2) is 0 Å². The van der Waals surface area contributed by atoms with Gasteiger partial charge < -0.3 is 0 Å². The second-order valence-electron chi connectivity index (χ2n) is 5.16. The third-order valence-electron chi connectivity index (χ3n) is 3.09. The fourth-order valence-corrected chi connectivity index (χ4v) is 1.81. The van der Waals surface area contributed by atoms with Gasteiger partial charge in [-0.15, -0.1) is 0 Å². The van der Waals surface area contributed by atoms with Crippen molar-refractivity contribution in [1.82, 2.24) is 0 Å². The summed E-state index contributed by atoms with van der Waals surface area (Å²) in [5, 5.41) is 0. The summed E-state index contributed by atoms with van der Waals surface area (Å²) in [5.74, 6) is 0.601. The highest BCUT2D eigenvalue weighted by atomic mass is 14.9. The minimum absolute atomic E-state index is 0.601. The minimum Gasteiger partial charge on any atom is -0.199 e. The molecule has 0 fully saturated rings. The van der Waals surface area contributed by atoms with Crippen LogP contribution in [0.1, 0.15) is 46.2 Å². The molecular weight excluding hydrogens is 218 g/mol. The number of hydrogen-bond donors (Lipinski definition) is 0. The summed E-state index contributed by atoms with van der Waals surface area (Å²) in [6.07, 6.45) is 11.2. The number of hydrogen-bond acceptors (Lipinski definition) is 0. The number of nitrogens with zero attached hydrogens (tertiary/aromatic N) is 1. The molecule has 0 N–H and O–H groups in total. The highest BCUT2D eigenvalue weighted by Crippen LogP contribution is 2.05. The van der Waals surface area contributed by atoms with Crippen molar-refractivity contribution in [3.8, 4) is 0 Å². The fourth-order valence-electron chi connectivity index (χ4n) is 1.81. The van der Waals surface area contributed by atoms with Crippen LogP contribution in [-0.2, 0) is 6.54 Å². The number of aryl methyl sites for hydroxylation is 1. The van der Waals surface area contributed by atoms with Crippen molar-refractivity contribution in [2.24, 2.45) is 5.92 Å². The molecule has 0 spiro atoms. The molecule has 0 saturated carbocycles. The minimum atomic E-state index is 0.601. The lowest BCUT2D eigenvalue weighted by Gasteiger charge is -2.02. The van der Waals surface area contributed by atoms with Crippen molar-refractivity contribution in [2.45, 2.75) is 47.1 Å². The van der Waals surface area contributed by atoms with Gasteiger partial charge in [0.25, 0.3) is 0 Å². The Bertz CT molecular complexity index is 413. The topological polar surface area (TPSA) is 3.88 Å². The van der Waals surface area contributed by atoms with Gasteiger partial charge in [0.05, 0.1) is 0 Å². The molecule has 1 heteroatoms. The van der Waals surface area contributed by atoms with Crippen LogP contribution >= 0.6 is 0 Å². The average molecular weight is 244 g/mol. The van der Waals surface area contributed by atoms with E-state index in [1.807, 2.05) is 0 Å². The van der Waals surface area contributed by atoms with E-state index in [9.17, 15) is 0 Å². The normalized spacial score (nSPS) is 12.6. The number of aromatic nitrogens is 1. The molecule has 0 radical (unpaired) electrons. The molecule has 1 nitrogen and oxygen atoms in total. The molecule has 0 atom stereocenters. The Morgan fingerprint density at radius 1 is 1.33 bits per heavy atom. The number of pyridine rings is 1. The van der Waals surface area contributed by atoms with E-state index in [1.165, 1.54) is 24.1 Å². The van der Waals surface area contributed by atoms with E-state index in [4.69, 9.17) is 0 Å². The van der Waals surface area contributed by atoms with Crippen LogP contribution in [0.3, 0.4) is 0 Å². The molecule has 1 heterocycles. The van der Waals surface area contributed by atoms with Gasteiger partial charge in [-0.3, -0.25) is 0 Å². The molecule has 1 aromatic heterocycles. The van der Waals surface area contributed by atoms with Crippen LogP contribution in [0.4, 0.5) is 0 Å². The highest BCUT2D eigenvalue weighted by Gasteiger charge is 2.05. The molecule has 0 bridgehead atoms. The van der Waals surface area contributed by atoms with Crippen molar-refractivity contribution in [3.63, 3.8) is 0 Å².